The number of primary amides is 1. The van der Waals surface area contributed by atoms with Crippen LogP contribution in [0.2, 0.25) is 0 Å². The van der Waals surface area contributed by atoms with Gasteiger partial charge in [0.15, 0.2) is 17.3 Å². The largest absolute Gasteiger partial charge is 0.434 e. The molecule has 4 N–H and O–H groups in total. The van der Waals surface area contributed by atoms with Gasteiger partial charge in [0.2, 0.25) is 5.88 Å². The van der Waals surface area contributed by atoms with Crippen LogP contribution in [-0.2, 0) is 6.54 Å². The van der Waals surface area contributed by atoms with Crippen molar-refractivity contribution in [3.63, 3.8) is 0 Å². The van der Waals surface area contributed by atoms with Crippen molar-refractivity contribution in [3.8, 4) is 11.6 Å². The molecule has 98 valence electrons. The molecule has 0 aliphatic carbocycles. The number of nitrogens with zero attached hydrogens (tertiary/aromatic N) is 2. The topological polar surface area (TPSA) is 104 Å². The molecule has 1 aromatic carbocycles. The van der Waals surface area contributed by atoms with Crippen molar-refractivity contribution in [1.29, 1.82) is 0 Å². The lowest BCUT2D eigenvalue weighted by Crippen LogP contribution is -2.13. The SMILES string of the molecule is NCc1ccc(Oc2ccc(C(N)=O)nn2)c(F)c1. The smallest absolute Gasteiger partial charge is 0.269 e. The molecular weight excluding hydrogens is 251 g/mol. The van der Waals surface area contributed by atoms with Gasteiger partial charge in [0.25, 0.3) is 5.91 Å². The van der Waals surface area contributed by atoms with E-state index in [0.29, 0.717) is 5.56 Å². The van der Waals surface area contributed by atoms with Gasteiger partial charge in [0.1, 0.15) is 0 Å². The maximum absolute atomic E-state index is 13.6. The zero-order chi connectivity index (χ0) is 13.8. The van der Waals surface area contributed by atoms with Gasteiger partial charge in [-0.1, -0.05) is 6.07 Å². The van der Waals surface area contributed by atoms with Crippen LogP contribution >= 0.6 is 0 Å². The van der Waals surface area contributed by atoms with Crippen LogP contribution in [0.25, 0.3) is 0 Å². The summed E-state index contributed by atoms with van der Waals surface area (Å²) in [5.41, 5.74) is 11.1. The predicted molar refractivity (Wildman–Crippen MR) is 64.9 cm³/mol. The molecule has 0 saturated carbocycles. The van der Waals surface area contributed by atoms with E-state index < -0.39 is 11.7 Å². The van der Waals surface area contributed by atoms with Crippen LogP contribution in [-0.4, -0.2) is 16.1 Å². The first-order chi connectivity index (χ1) is 9.10. The van der Waals surface area contributed by atoms with Crippen molar-refractivity contribution in [3.05, 3.63) is 47.4 Å². The van der Waals surface area contributed by atoms with E-state index >= 15 is 0 Å². The van der Waals surface area contributed by atoms with E-state index in [1.165, 1.54) is 24.3 Å². The van der Waals surface area contributed by atoms with E-state index in [1.807, 2.05) is 0 Å². The number of nitrogens with two attached hydrogens (primary N) is 2. The van der Waals surface area contributed by atoms with Gasteiger partial charge in [-0.25, -0.2) is 4.39 Å². The average Bonchev–Trinajstić information content (AvgIpc) is 2.41. The fourth-order valence-corrected chi connectivity index (χ4v) is 1.37. The van der Waals surface area contributed by atoms with E-state index in [4.69, 9.17) is 16.2 Å². The van der Waals surface area contributed by atoms with Crippen LogP contribution in [0.3, 0.4) is 0 Å². The highest BCUT2D eigenvalue weighted by Gasteiger charge is 2.08. The summed E-state index contributed by atoms with van der Waals surface area (Å²) in [6.07, 6.45) is 0. The number of halogens is 1. The molecular formula is C12H11FN4O2. The van der Waals surface area contributed by atoms with Crippen molar-refractivity contribution in [1.82, 2.24) is 10.2 Å². The second kappa shape index (κ2) is 5.40. The molecule has 0 spiro atoms. The Morgan fingerprint density at radius 2 is 2.05 bits per heavy atom. The number of benzene rings is 1. The zero-order valence-electron chi connectivity index (χ0n) is 9.84. The van der Waals surface area contributed by atoms with Gasteiger partial charge in [0, 0.05) is 12.6 Å². The van der Waals surface area contributed by atoms with Crippen molar-refractivity contribution in [2.45, 2.75) is 6.54 Å². The number of carbonyl (C=O) groups excluding carboxylic acids is 1. The van der Waals surface area contributed by atoms with Gasteiger partial charge in [-0.2, -0.15) is 0 Å². The Hall–Kier alpha value is -2.54. The molecule has 0 radical (unpaired) electrons. The standard InChI is InChI=1S/C12H11FN4O2/c13-8-5-7(6-14)1-3-10(8)19-11-4-2-9(12(15)18)16-17-11/h1-5H,6,14H2,(H2,15,18). The van der Waals surface area contributed by atoms with Crippen LogP contribution in [0.15, 0.2) is 30.3 Å². The summed E-state index contributed by atoms with van der Waals surface area (Å²) in [5.74, 6) is -1.19. The van der Waals surface area contributed by atoms with E-state index in [1.54, 1.807) is 6.07 Å². The fourth-order valence-electron chi connectivity index (χ4n) is 1.37. The minimum Gasteiger partial charge on any atom is -0.434 e. The molecule has 1 heterocycles. The highest BCUT2D eigenvalue weighted by Crippen LogP contribution is 2.23. The lowest BCUT2D eigenvalue weighted by atomic mass is 10.2. The zero-order valence-corrected chi connectivity index (χ0v) is 9.84. The molecule has 6 nitrogen and oxygen atoms in total. The third kappa shape index (κ3) is 3.02. The summed E-state index contributed by atoms with van der Waals surface area (Å²) in [6.45, 7) is 0.240. The fraction of sp³-hybridized carbons (Fsp3) is 0.0833. The highest BCUT2D eigenvalue weighted by molar-refractivity contribution is 5.90. The van der Waals surface area contributed by atoms with Crippen LogP contribution in [0.4, 0.5) is 4.39 Å². The summed E-state index contributed by atoms with van der Waals surface area (Å²) >= 11 is 0. The Balaban J connectivity index is 2.19. The molecule has 2 aromatic rings. The molecule has 0 atom stereocenters. The van der Waals surface area contributed by atoms with Crippen molar-refractivity contribution >= 4 is 5.91 Å². The normalized spacial score (nSPS) is 10.2. The maximum Gasteiger partial charge on any atom is 0.269 e. The number of rotatable bonds is 4. The van der Waals surface area contributed by atoms with Gasteiger partial charge < -0.3 is 16.2 Å². The van der Waals surface area contributed by atoms with Crippen LogP contribution in [0.1, 0.15) is 16.1 Å². The molecule has 19 heavy (non-hydrogen) atoms. The molecule has 0 aliphatic heterocycles. The monoisotopic (exact) mass is 262 g/mol. The Labute approximate surface area is 108 Å². The Kier molecular flexibility index (Phi) is 3.67. The maximum atomic E-state index is 13.6. The first-order valence-corrected chi connectivity index (χ1v) is 5.40. The number of hydrogen-bond donors (Lipinski definition) is 2. The molecule has 2 rings (SSSR count). The lowest BCUT2D eigenvalue weighted by molar-refractivity contribution is 0.0994. The minimum atomic E-state index is -0.697. The summed E-state index contributed by atoms with van der Waals surface area (Å²) in [4.78, 5) is 10.8. The molecule has 1 aromatic heterocycles. The Morgan fingerprint density at radius 3 is 2.58 bits per heavy atom. The molecule has 7 heteroatoms. The first-order valence-electron chi connectivity index (χ1n) is 5.40. The van der Waals surface area contributed by atoms with Crippen LogP contribution in [0.5, 0.6) is 11.6 Å². The van der Waals surface area contributed by atoms with Crippen LogP contribution < -0.4 is 16.2 Å². The summed E-state index contributed by atoms with van der Waals surface area (Å²) < 4.78 is 18.8. The number of ether oxygens (including phenoxy) is 1. The van der Waals surface area contributed by atoms with E-state index in [9.17, 15) is 9.18 Å². The summed E-state index contributed by atoms with van der Waals surface area (Å²) in [5, 5.41) is 7.16. The first kappa shape index (κ1) is 12.9. The van der Waals surface area contributed by atoms with Gasteiger partial charge in [-0.15, -0.1) is 10.2 Å². The minimum absolute atomic E-state index is 0.00155. The van der Waals surface area contributed by atoms with E-state index in [-0.39, 0.29) is 23.9 Å². The van der Waals surface area contributed by atoms with Gasteiger partial charge in [0.05, 0.1) is 0 Å². The van der Waals surface area contributed by atoms with E-state index in [0.717, 1.165) is 0 Å². The highest BCUT2D eigenvalue weighted by atomic mass is 19.1. The van der Waals surface area contributed by atoms with Crippen molar-refractivity contribution in [2.75, 3.05) is 0 Å². The number of carbonyl (C=O) groups is 1. The molecule has 0 saturated heterocycles. The average molecular weight is 262 g/mol. The lowest BCUT2D eigenvalue weighted by Gasteiger charge is -2.06. The second-order valence-electron chi connectivity index (χ2n) is 3.69. The van der Waals surface area contributed by atoms with E-state index in [2.05, 4.69) is 10.2 Å². The Morgan fingerprint density at radius 1 is 1.26 bits per heavy atom. The third-order valence-electron chi connectivity index (χ3n) is 2.34. The molecule has 0 unspecified atom stereocenters. The molecule has 0 bridgehead atoms. The number of aromatic nitrogens is 2. The number of amides is 1. The molecule has 0 fully saturated rings. The second-order valence-corrected chi connectivity index (χ2v) is 3.69. The van der Waals surface area contributed by atoms with Crippen LogP contribution in [0, 0.1) is 5.82 Å². The summed E-state index contributed by atoms with van der Waals surface area (Å²) in [7, 11) is 0. The predicted octanol–water partition coefficient (Wildman–Crippen LogP) is 0.966. The Bertz CT molecular complexity index is 601. The van der Waals surface area contributed by atoms with Gasteiger partial charge in [-0.3, -0.25) is 4.79 Å². The molecule has 0 aliphatic rings. The van der Waals surface area contributed by atoms with Crippen molar-refractivity contribution in [2.24, 2.45) is 11.5 Å². The number of hydrogen-bond acceptors (Lipinski definition) is 5. The van der Waals surface area contributed by atoms with Gasteiger partial charge in [-0.05, 0) is 23.8 Å². The summed E-state index contributed by atoms with van der Waals surface area (Å²) in [6, 6.07) is 7.09. The third-order valence-corrected chi connectivity index (χ3v) is 2.34. The quantitative estimate of drug-likeness (QED) is 0.854. The molecule has 1 amide bonds. The van der Waals surface area contributed by atoms with Gasteiger partial charge >= 0.3 is 0 Å². The van der Waals surface area contributed by atoms with Crippen molar-refractivity contribution < 1.29 is 13.9 Å².